The van der Waals surface area contributed by atoms with Crippen LogP contribution in [0.1, 0.15) is 18.5 Å². The fourth-order valence-corrected chi connectivity index (χ4v) is 3.62. The monoisotopic (exact) mass is 338 g/mol. The number of hydrogen-bond acceptors (Lipinski definition) is 2. The van der Waals surface area contributed by atoms with Gasteiger partial charge in [0.25, 0.3) is 0 Å². The summed E-state index contributed by atoms with van der Waals surface area (Å²) in [7, 11) is 0. The molecule has 18 heavy (non-hydrogen) atoms. The number of benzene rings is 1. The normalized spacial score (nSPS) is 13.0. The third-order valence-electron chi connectivity index (χ3n) is 3.09. The van der Waals surface area contributed by atoms with Gasteiger partial charge in [-0.3, -0.25) is 0 Å². The van der Waals surface area contributed by atoms with E-state index in [-0.39, 0.29) is 6.04 Å². The molecule has 1 unspecified atom stereocenters. The summed E-state index contributed by atoms with van der Waals surface area (Å²) in [6, 6.07) is 8.59. The van der Waals surface area contributed by atoms with Crippen molar-refractivity contribution < 1.29 is 0 Å². The van der Waals surface area contributed by atoms with E-state index in [0.717, 1.165) is 20.3 Å². The Bertz CT molecular complexity index is 740. The summed E-state index contributed by atoms with van der Waals surface area (Å²) >= 11 is 10.6. The summed E-state index contributed by atoms with van der Waals surface area (Å²) < 4.78 is 3.99. The number of aromatic nitrogens is 2. The minimum absolute atomic E-state index is 0.249. The minimum Gasteiger partial charge on any atom is -0.331 e. The Labute approximate surface area is 122 Å². The molecule has 2 nitrogen and oxygen atoms in total. The van der Waals surface area contributed by atoms with Crippen molar-refractivity contribution in [2.24, 2.45) is 0 Å². The maximum absolute atomic E-state index is 5.44. The first-order chi connectivity index (χ1) is 8.66. The van der Waals surface area contributed by atoms with Gasteiger partial charge in [-0.05, 0) is 59.7 Å². The Kier molecular flexibility index (Phi) is 3.13. The number of rotatable bonds is 2. The molecule has 1 N–H and O–H groups in total. The van der Waals surface area contributed by atoms with E-state index in [0.29, 0.717) is 0 Å². The molecule has 0 aliphatic heterocycles. The predicted octanol–water partition coefficient (Wildman–Crippen LogP) is 5.13. The fourth-order valence-electron chi connectivity index (χ4n) is 2.15. The SMILES string of the molecule is CC(c1ccsc1)n1c(=S)[nH]c2cc(Br)ccc21. The van der Waals surface area contributed by atoms with Crippen LogP contribution in [0.3, 0.4) is 0 Å². The molecule has 92 valence electrons. The van der Waals surface area contributed by atoms with Crippen molar-refractivity contribution in [2.75, 3.05) is 0 Å². The molecule has 1 atom stereocenters. The van der Waals surface area contributed by atoms with Gasteiger partial charge in [-0.1, -0.05) is 15.9 Å². The zero-order valence-corrected chi connectivity index (χ0v) is 12.9. The Morgan fingerprint density at radius 3 is 2.94 bits per heavy atom. The first-order valence-corrected chi connectivity index (χ1v) is 7.73. The van der Waals surface area contributed by atoms with Crippen LogP contribution in [0.25, 0.3) is 11.0 Å². The number of thiophene rings is 1. The van der Waals surface area contributed by atoms with Crippen molar-refractivity contribution in [1.29, 1.82) is 0 Å². The summed E-state index contributed by atoms with van der Waals surface area (Å²) in [5.41, 5.74) is 3.50. The predicted molar refractivity (Wildman–Crippen MR) is 83.0 cm³/mol. The number of hydrogen-bond donors (Lipinski definition) is 1. The van der Waals surface area contributed by atoms with Crippen LogP contribution >= 0.6 is 39.5 Å². The van der Waals surface area contributed by atoms with E-state index in [4.69, 9.17) is 12.2 Å². The van der Waals surface area contributed by atoms with Crippen LogP contribution in [0.15, 0.2) is 39.5 Å². The molecule has 5 heteroatoms. The Balaban J connectivity index is 2.23. The van der Waals surface area contributed by atoms with E-state index in [1.54, 1.807) is 11.3 Å². The maximum atomic E-state index is 5.44. The summed E-state index contributed by atoms with van der Waals surface area (Å²) in [6.07, 6.45) is 0. The van der Waals surface area contributed by atoms with Gasteiger partial charge in [-0.2, -0.15) is 11.3 Å². The number of aromatic amines is 1. The van der Waals surface area contributed by atoms with Gasteiger partial charge in [0, 0.05) is 4.47 Å². The molecular formula is C13H11BrN2S2. The lowest BCUT2D eigenvalue weighted by molar-refractivity contribution is 0.651. The Morgan fingerprint density at radius 2 is 2.22 bits per heavy atom. The van der Waals surface area contributed by atoms with Crippen LogP contribution < -0.4 is 0 Å². The number of nitrogens with zero attached hydrogens (tertiary/aromatic N) is 1. The van der Waals surface area contributed by atoms with Crippen molar-refractivity contribution in [3.63, 3.8) is 0 Å². The third kappa shape index (κ3) is 1.96. The second-order valence-electron chi connectivity index (χ2n) is 4.19. The summed E-state index contributed by atoms with van der Waals surface area (Å²) in [5.74, 6) is 0. The van der Waals surface area contributed by atoms with Crippen molar-refractivity contribution in [3.05, 3.63) is 49.8 Å². The van der Waals surface area contributed by atoms with Gasteiger partial charge < -0.3 is 9.55 Å². The lowest BCUT2D eigenvalue weighted by Gasteiger charge is -2.13. The third-order valence-corrected chi connectivity index (χ3v) is 4.58. The van der Waals surface area contributed by atoms with E-state index in [9.17, 15) is 0 Å². The lowest BCUT2D eigenvalue weighted by atomic mass is 10.2. The molecule has 0 saturated heterocycles. The summed E-state index contributed by atoms with van der Waals surface area (Å²) in [5, 5.41) is 4.27. The topological polar surface area (TPSA) is 20.7 Å². The Hall–Kier alpha value is -0.910. The minimum atomic E-state index is 0.249. The number of H-pyrrole nitrogens is 1. The van der Waals surface area contributed by atoms with Crippen molar-refractivity contribution in [2.45, 2.75) is 13.0 Å². The molecule has 0 bridgehead atoms. The molecule has 0 saturated carbocycles. The standard InChI is InChI=1S/C13H11BrN2S2/c1-8(9-4-5-18-7-9)16-12-3-2-10(14)6-11(12)15-13(16)17/h2-8H,1H3,(H,15,17). The van der Waals surface area contributed by atoms with Crippen LogP contribution in [0.4, 0.5) is 0 Å². The first kappa shape index (κ1) is 12.1. The van der Waals surface area contributed by atoms with Gasteiger partial charge in [0.15, 0.2) is 4.77 Å². The zero-order chi connectivity index (χ0) is 12.7. The average molecular weight is 339 g/mol. The molecule has 0 radical (unpaired) electrons. The second kappa shape index (κ2) is 4.64. The van der Waals surface area contributed by atoms with Gasteiger partial charge in [0.05, 0.1) is 17.1 Å². The van der Waals surface area contributed by atoms with Crippen molar-refractivity contribution >= 4 is 50.5 Å². The van der Waals surface area contributed by atoms with E-state index < -0.39 is 0 Å². The van der Waals surface area contributed by atoms with Crippen molar-refractivity contribution in [3.8, 4) is 0 Å². The number of fused-ring (bicyclic) bond motifs is 1. The quantitative estimate of drug-likeness (QED) is 0.642. The van der Waals surface area contributed by atoms with Crippen LogP contribution in [0, 0.1) is 4.77 Å². The number of imidazole rings is 1. The van der Waals surface area contributed by atoms with Gasteiger partial charge in [0.1, 0.15) is 0 Å². The van der Waals surface area contributed by atoms with Crippen LogP contribution in [0.5, 0.6) is 0 Å². The fraction of sp³-hybridized carbons (Fsp3) is 0.154. The van der Waals surface area contributed by atoms with Crippen LogP contribution in [-0.4, -0.2) is 9.55 Å². The van der Waals surface area contributed by atoms with Crippen LogP contribution in [0.2, 0.25) is 0 Å². The molecule has 0 aliphatic carbocycles. The molecule has 0 aliphatic rings. The Morgan fingerprint density at radius 1 is 1.39 bits per heavy atom. The zero-order valence-electron chi connectivity index (χ0n) is 9.68. The second-order valence-corrected chi connectivity index (χ2v) is 6.28. The van der Waals surface area contributed by atoms with Gasteiger partial charge >= 0.3 is 0 Å². The average Bonchev–Trinajstić information content (AvgIpc) is 2.94. The molecule has 2 heterocycles. The van der Waals surface area contributed by atoms with E-state index in [2.05, 4.69) is 61.4 Å². The molecule has 3 aromatic rings. The molecule has 0 fully saturated rings. The molecule has 2 aromatic heterocycles. The van der Waals surface area contributed by atoms with Crippen LogP contribution in [-0.2, 0) is 0 Å². The van der Waals surface area contributed by atoms with Gasteiger partial charge in [-0.25, -0.2) is 0 Å². The molecular weight excluding hydrogens is 328 g/mol. The van der Waals surface area contributed by atoms with Crippen molar-refractivity contribution in [1.82, 2.24) is 9.55 Å². The van der Waals surface area contributed by atoms with Gasteiger partial charge in [-0.15, -0.1) is 0 Å². The molecule has 1 aromatic carbocycles. The lowest BCUT2D eigenvalue weighted by Crippen LogP contribution is -2.05. The molecule has 0 amide bonds. The number of halogens is 1. The smallest absolute Gasteiger partial charge is 0.178 e. The summed E-state index contributed by atoms with van der Waals surface area (Å²) in [6.45, 7) is 2.17. The van der Waals surface area contributed by atoms with E-state index >= 15 is 0 Å². The first-order valence-electron chi connectivity index (χ1n) is 5.58. The van der Waals surface area contributed by atoms with E-state index in [1.807, 2.05) is 6.07 Å². The molecule has 3 rings (SSSR count). The maximum Gasteiger partial charge on any atom is 0.178 e. The van der Waals surface area contributed by atoms with Gasteiger partial charge in [0.2, 0.25) is 0 Å². The molecule has 0 spiro atoms. The number of nitrogens with one attached hydrogen (secondary N) is 1. The highest BCUT2D eigenvalue weighted by Gasteiger charge is 2.13. The highest BCUT2D eigenvalue weighted by atomic mass is 79.9. The van der Waals surface area contributed by atoms with E-state index in [1.165, 1.54) is 5.56 Å². The highest BCUT2D eigenvalue weighted by molar-refractivity contribution is 9.10. The summed E-state index contributed by atoms with van der Waals surface area (Å²) in [4.78, 5) is 3.26. The highest BCUT2D eigenvalue weighted by Crippen LogP contribution is 2.27. The largest absolute Gasteiger partial charge is 0.331 e.